The lowest BCUT2D eigenvalue weighted by atomic mass is 10.4. The topological polar surface area (TPSA) is 70.8 Å². The number of methoxy groups -OCH3 is 2. The van der Waals surface area contributed by atoms with Gasteiger partial charge in [-0.15, -0.1) is 12.4 Å². The van der Waals surface area contributed by atoms with Crippen LogP contribution in [0.2, 0.25) is 0 Å². The van der Waals surface area contributed by atoms with Gasteiger partial charge in [0.05, 0.1) is 13.7 Å². The lowest BCUT2D eigenvalue weighted by molar-refractivity contribution is -0.157. The number of ether oxygens (including phenoxy) is 2. The van der Waals surface area contributed by atoms with E-state index >= 15 is 0 Å². The van der Waals surface area contributed by atoms with Crippen LogP contribution in [0.5, 0.6) is 0 Å². The van der Waals surface area contributed by atoms with Crippen molar-refractivity contribution in [2.75, 3.05) is 20.8 Å². The predicted octanol–water partition coefficient (Wildman–Crippen LogP) is -0.514. The maximum absolute atomic E-state index is 10.6. The number of nitrogens with two attached hydrogens (primary N) is 1. The summed E-state index contributed by atoms with van der Waals surface area (Å²) in [5, 5.41) is 0. The predicted molar refractivity (Wildman–Crippen MR) is 40.2 cm³/mol. The van der Waals surface area contributed by atoms with Gasteiger partial charge in [-0.05, 0) is 0 Å². The molecular weight excluding hydrogens is 174 g/mol. The Balaban J connectivity index is 0. The van der Waals surface area contributed by atoms with E-state index in [2.05, 4.69) is 14.3 Å². The van der Waals surface area contributed by atoms with Gasteiger partial charge in [0.1, 0.15) is 0 Å². The molecule has 0 radical (unpaired) electrons. The minimum atomic E-state index is -0.824. The summed E-state index contributed by atoms with van der Waals surface area (Å²) in [6, 6.07) is 0. The number of hydrogen-bond acceptors (Lipinski definition) is 5. The highest BCUT2D eigenvalue weighted by molar-refractivity contribution is 5.85. The van der Waals surface area contributed by atoms with Crippen LogP contribution in [-0.2, 0) is 19.1 Å². The molecule has 0 saturated heterocycles. The summed E-state index contributed by atoms with van der Waals surface area (Å²) in [4.78, 5) is 14.9. The van der Waals surface area contributed by atoms with Crippen LogP contribution in [-0.4, -0.2) is 32.9 Å². The van der Waals surface area contributed by atoms with Gasteiger partial charge in [0.15, 0.2) is 6.10 Å². The fourth-order valence-corrected chi connectivity index (χ4v) is 0.446. The summed E-state index contributed by atoms with van der Waals surface area (Å²) in [7, 11) is 2.69. The Hall–Kier alpha value is -0.360. The second kappa shape index (κ2) is 7.74. The Morgan fingerprint density at radius 2 is 2.09 bits per heavy atom. The Labute approximate surface area is 71.1 Å². The van der Waals surface area contributed by atoms with Gasteiger partial charge in [-0.25, -0.2) is 10.7 Å². The van der Waals surface area contributed by atoms with E-state index < -0.39 is 12.1 Å². The molecule has 0 aliphatic heterocycles. The van der Waals surface area contributed by atoms with Crippen molar-refractivity contribution in [1.82, 2.24) is 0 Å². The quantitative estimate of drug-likeness (QED) is 0.472. The molecule has 0 aromatic rings. The van der Waals surface area contributed by atoms with Crippen LogP contribution >= 0.6 is 12.4 Å². The molecule has 0 saturated carbocycles. The highest BCUT2D eigenvalue weighted by Gasteiger charge is 2.18. The third kappa shape index (κ3) is 4.97. The molecule has 11 heavy (non-hydrogen) atoms. The third-order valence-corrected chi connectivity index (χ3v) is 0.946. The molecule has 0 spiro atoms. The van der Waals surface area contributed by atoms with Crippen molar-refractivity contribution < 1.29 is 19.1 Å². The summed E-state index contributed by atoms with van der Waals surface area (Å²) in [5.41, 5.74) is 0. The summed E-state index contributed by atoms with van der Waals surface area (Å²) in [6.45, 7) is 0.100. The molecule has 0 bridgehead atoms. The van der Waals surface area contributed by atoms with E-state index in [1.807, 2.05) is 0 Å². The molecule has 6 heteroatoms. The van der Waals surface area contributed by atoms with Gasteiger partial charge < -0.3 is 9.47 Å². The fraction of sp³-hybridized carbons (Fsp3) is 0.800. The Morgan fingerprint density at radius 1 is 1.55 bits per heavy atom. The van der Waals surface area contributed by atoms with Gasteiger partial charge in [0.2, 0.25) is 0 Å². The second-order valence-corrected chi connectivity index (χ2v) is 1.60. The Morgan fingerprint density at radius 3 is 2.36 bits per heavy atom. The van der Waals surface area contributed by atoms with E-state index in [4.69, 9.17) is 5.90 Å². The van der Waals surface area contributed by atoms with Crippen molar-refractivity contribution in [3.05, 3.63) is 0 Å². The SMILES string of the molecule is COCC(ON)C(=O)OC.Cl. The first kappa shape index (κ1) is 13.2. The van der Waals surface area contributed by atoms with Crippen LogP contribution in [0.3, 0.4) is 0 Å². The first-order valence-corrected chi connectivity index (χ1v) is 2.68. The molecule has 0 heterocycles. The average Bonchev–Trinajstić information content (AvgIpc) is 1.99. The monoisotopic (exact) mass is 185 g/mol. The molecule has 0 aliphatic carbocycles. The molecule has 1 unspecified atom stereocenters. The summed E-state index contributed by atoms with van der Waals surface area (Å²) < 4.78 is 8.94. The standard InChI is InChI=1S/C5H11NO4.ClH/c1-8-3-4(10-6)5(7)9-2;/h4H,3,6H2,1-2H3;1H. The fourth-order valence-electron chi connectivity index (χ4n) is 0.446. The van der Waals surface area contributed by atoms with E-state index in [0.717, 1.165) is 0 Å². The minimum Gasteiger partial charge on any atom is -0.467 e. The minimum absolute atomic E-state index is 0. The van der Waals surface area contributed by atoms with Crippen LogP contribution < -0.4 is 5.90 Å². The zero-order chi connectivity index (χ0) is 7.98. The first-order valence-electron chi connectivity index (χ1n) is 2.68. The number of halogens is 1. The summed E-state index contributed by atoms with van der Waals surface area (Å²) >= 11 is 0. The zero-order valence-corrected chi connectivity index (χ0v) is 7.22. The van der Waals surface area contributed by atoms with Crippen molar-refractivity contribution in [2.24, 2.45) is 5.90 Å². The Bertz CT molecular complexity index is 111. The number of carbonyl (C=O) groups excluding carboxylic acids is 1. The van der Waals surface area contributed by atoms with Crippen molar-refractivity contribution in [3.63, 3.8) is 0 Å². The van der Waals surface area contributed by atoms with Crippen molar-refractivity contribution in [1.29, 1.82) is 0 Å². The number of esters is 1. The number of hydrogen-bond donors (Lipinski definition) is 1. The molecule has 0 aromatic carbocycles. The molecule has 0 aromatic heterocycles. The van der Waals surface area contributed by atoms with Gasteiger partial charge in [-0.1, -0.05) is 0 Å². The summed E-state index contributed by atoms with van der Waals surface area (Å²) in [5.74, 6) is 4.22. The molecule has 1 atom stereocenters. The van der Waals surface area contributed by atoms with E-state index in [-0.39, 0.29) is 19.0 Å². The second-order valence-electron chi connectivity index (χ2n) is 1.60. The molecular formula is C5H12ClNO4. The van der Waals surface area contributed by atoms with Gasteiger partial charge in [-0.3, -0.25) is 4.84 Å². The van der Waals surface area contributed by atoms with E-state index in [1.54, 1.807) is 0 Å². The molecule has 68 valence electrons. The van der Waals surface area contributed by atoms with Crippen LogP contribution in [0, 0.1) is 0 Å². The Kier molecular flexibility index (Phi) is 9.32. The highest BCUT2D eigenvalue weighted by atomic mass is 35.5. The smallest absolute Gasteiger partial charge is 0.339 e. The van der Waals surface area contributed by atoms with Crippen LogP contribution in [0.25, 0.3) is 0 Å². The van der Waals surface area contributed by atoms with E-state index in [1.165, 1.54) is 14.2 Å². The molecule has 0 rings (SSSR count). The molecule has 0 aliphatic rings. The summed E-state index contributed by atoms with van der Waals surface area (Å²) in [6.07, 6.45) is -0.824. The number of carbonyl (C=O) groups is 1. The zero-order valence-electron chi connectivity index (χ0n) is 6.40. The third-order valence-electron chi connectivity index (χ3n) is 0.946. The van der Waals surface area contributed by atoms with Gasteiger partial charge in [0.25, 0.3) is 0 Å². The molecule has 2 N–H and O–H groups in total. The maximum Gasteiger partial charge on any atom is 0.339 e. The largest absolute Gasteiger partial charge is 0.467 e. The van der Waals surface area contributed by atoms with Gasteiger partial charge >= 0.3 is 5.97 Å². The first-order chi connectivity index (χ1) is 4.76. The van der Waals surface area contributed by atoms with Crippen molar-refractivity contribution in [2.45, 2.75) is 6.10 Å². The van der Waals surface area contributed by atoms with E-state index in [0.29, 0.717) is 0 Å². The molecule has 0 fully saturated rings. The lowest BCUT2D eigenvalue weighted by Gasteiger charge is -2.09. The number of rotatable bonds is 4. The maximum atomic E-state index is 10.6. The van der Waals surface area contributed by atoms with Crippen LogP contribution in [0.4, 0.5) is 0 Å². The van der Waals surface area contributed by atoms with E-state index in [9.17, 15) is 4.79 Å². The normalized spacial score (nSPS) is 11.5. The van der Waals surface area contributed by atoms with Gasteiger partial charge in [0, 0.05) is 7.11 Å². The lowest BCUT2D eigenvalue weighted by Crippen LogP contribution is -2.32. The van der Waals surface area contributed by atoms with Crippen LogP contribution in [0.1, 0.15) is 0 Å². The van der Waals surface area contributed by atoms with Crippen LogP contribution in [0.15, 0.2) is 0 Å². The molecule has 0 amide bonds. The highest BCUT2D eigenvalue weighted by Crippen LogP contribution is 1.90. The molecule has 5 nitrogen and oxygen atoms in total. The average molecular weight is 186 g/mol. The van der Waals surface area contributed by atoms with Gasteiger partial charge in [-0.2, -0.15) is 0 Å². The van der Waals surface area contributed by atoms with Crippen molar-refractivity contribution in [3.8, 4) is 0 Å². The van der Waals surface area contributed by atoms with Crippen molar-refractivity contribution >= 4 is 18.4 Å².